The van der Waals surface area contributed by atoms with Crippen LogP contribution in [0.15, 0.2) is 24.3 Å². The van der Waals surface area contributed by atoms with Crippen molar-refractivity contribution in [3.05, 3.63) is 35.6 Å². The summed E-state index contributed by atoms with van der Waals surface area (Å²) >= 11 is 1.35. The summed E-state index contributed by atoms with van der Waals surface area (Å²) in [4.78, 5) is 24.8. The molecular formula is C14H17FN2O2S. The van der Waals surface area contributed by atoms with Crippen LogP contribution < -0.4 is 5.32 Å². The lowest BCUT2D eigenvalue weighted by Gasteiger charge is -2.21. The molecule has 0 aromatic heterocycles. The summed E-state index contributed by atoms with van der Waals surface area (Å²) in [5, 5.41) is 2.05. The van der Waals surface area contributed by atoms with Crippen molar-refractivity contribution in [2.45, 2.75) is 24.3 Å². The monoisotopic (exact) mass is 296 g/mol. The number of benzene rings is 1. The summed E-state index contributed by atoms with van der Waals surface area (Å²) in [5.41, 5.74) is 0.572. The molecule has 2 atom stereocenters. The van der Waals surface area contributed by atoms with Gasteiger partial charge in [0.25, 0.3) is 0 Å². The summed E-state index contributed by atoms with van der Waals surface area (Å²) < 4.78 is 13.7. The highest BCUT2D eigenvalue weighted by Crippen LogP contribution is 2.33. The third-order valence-electron chi connectivity index (χ3n) is 3.22. The predicted octanol–water partition coefficient (Wildman–Crippen LogP) is 2.56. The fourth-order valence-electron chi connectivity index (χ4n) is 2.14. The molecule has 6 heteroatoms. The maximum Gasteiger partial charge on any atom is 0.324 e. The van der Waals surface area contributed by atoms with E-state index in [0.717, 1.165) is 0 Å². The molecule has 1 N–H and O–H groups in total. The van der Waals surface area contributed by atoms with Gasteiger partial charge in [0.1, 0.15) is 5.82 Å². The van der Waals surface area contributed by atoms with Crippen LogP contribution in [0.3, 0.4) is 0 Å². The van der Waals surface area contributed by atoms with Gasteiger partial charge in [-0.1, -0.05) is 18.2 Å². The van der Waals surface area contributed by atoms with E-state index in [-0.39, 0.29) is 23.0 Å². The summed E-state index contributed by atoms with van der Waals surface area (Å²) in [5.74, 6) is -0.501. The van der Waals surface area contributed by atoms with Gasteiger partial charge in [0.05, 0.1) is 5.25 Å². The molecular weight excluding hydrogens is 279 g/mol. The third-order valence-corrected chi connectivity index (χ3v) is 4.49. The first-order valence-corrected chi connectivity index (χ1v) is 7.44. The van der Waals surface area contributed by atoms with Crippen LogP contribution in [0.2, 0.25) is 0 Å². The van der Waals surface area contributed by atoms with E-state index in [9.17, 15) is 14.0 Å². The van der Waals surface area contributed by atoms with Gasteiger partial charge in [0, 0.05) is 23.9 Å². The topological polar surface area (TPSA) is 49.4 Å². The number of carbonyl (C=O) groups excluding carboxylic acids is 2. The maximum absolute atomic E-state index is 13.7. The number of imide groups is 1. The largest absolute Gasteiger partial charge is 0.336 e. The Morgan fingerprint density at radius 3 is 2.70 bits per heavy atom. The summed E-state index contributed by atoms with van der Waals surface area (Å²) in [6, 6.07) is 6.19. The number of thioether (sulfide) groups is 1. The molecule has 0 spiro atoms. The molecule has 0 aliphatic carbocycles. The molecule has 0 bridgehead atoms. The fraction of sp³-hybridized carbons (Fsp3) is 0.429. The van der Waals surface area contributed by atoms with Gasteiger partial charge in [-0.2, -0.15) is 0 Å². The first-order valence-electron chi connectivity index (χ1n) is 6.50. The number of carbonyl (C=O) groups is 2. The van der Waals surface area contributed by atoms with Gasteiger partial charge in [0.2, 0.25) is 5.91 Å². The number of urea groups is 1. The first-order chi connectivity index (χ1) is 9.50. The van der Waals surface area contributed by atoms with Crippen molar-refractivity contribution in [1.29, 1.82) is 0 Å². The highest BCUT2D eigenvalue weighted by molar-refractivity contribution is 8.00. The minimum absolute atomic E-state index is 0.152. The van der Waals surface area contributed by atoms with Crippen molar-refractivity contribution in [1.82, 2.24) is 10.2 Å². The summed E-state index contributed by atoms with van der Waals surface area (Å²) in [7, 11) is 0. The standard InChI is InChI=1S/C14H17FN2O2S/c1-9(11-5-3-4-6-12(11)15)20-10(2)13(18)17-8-7-16-14(17)19/h3-6,9-10H,7-8H2,1-2H3,(H,16,19)/t9-,10+/m1/s1. The highest BCUT2D eigenvalue weighted by atomic mass is 32.2. The van der Waals surface area contributed by atoms with Gasteiger partial charge in [-0.15, -0.1) is 11.8 Å². The molecule has 3 amide bonds. The van der Waals surface area contributed by atoms with Crippen LogP contribution in [-0.4, -0.2) is 35.2 Å². The van der Waals surface area contributed by atoms with Crippen LogP contribution in [-0.2, 0) is 4.79 Å². The maximum atomic E-state index is 13.7. The lowest BCUT2D eigenvalue weighted by molar-refractivity contribution is -0.126. The third kappa shape index (κ3) is 3.12. The Balaban J connectivity index is 2.00. The van der Waals surface area contributed by atoms with Crippen LogP contribution in [0.5, 0.6) is 0 Å². The number of halogens is 1. The quantitative estimate of drug-likeness (QED) is 0.929. The Morgan fingerprint density at radius 2 is 2.10 bits per heavy atom. The molecule has 108 valence electrons. The first kappa shape index (κ1) is 14.8. The molecule has 1 saturated heterocycles. The molecule has 4 nitrogen and oxygen atoms in total. The highest BCUT2D eigenvalue weighted by Gasteiger charge is 2.31. The molecule has 0 saturated carbocycles. The molecule has 1 aliphatic heterocycles. The zero-order valence-electron chi connectivity index (χ0n) is 11.4. The van der Waals surface area contributed by atoms with E-state index >= 15 is 0 Å². The smallest absolute Gasteiger partial charge is 0.324 e. The molecule has 1 aromatic carbocycles. The van der Waals surface area contributed by atoms with E-state index in [2.05, 4.69) is 5.32 Å². The van der Waals surface area contributed by atoms with Crippen molar-refractivity contribution in [3.63, 3.8) is 0 Å². The second kappa shape index (κ2) is 6.26. The van der Waals surface area contributed by atoms with Gasteiger partial charge in [-0.25, -0.2) is 9.18 Å². The minimum Gasteiger partial charge on any atom is -0.336 e. The van der Waals surface area contributed by atoms with E-state index in [1.807, 2.05) is 6.92 Å². The van der Waals surface area contributed by atoms with Gasteiger partial charge in [0.15, 0.2) is 0 Å². The lowest BCUT2D eigenvalue weighted by Crippen LogP contribution is -2.39. The van der Waals surface area contributed by atoms with Gasteiger partial charge in [-0.05, 0) is 19.9 Å². The molecule has 1 heterocycles. The van der Waals surface area contributed by atoms with E-state index in [1.54, 1.807) is 25.1 Å². The van der Waals surface area contributed by atoms with Crippen molar-refractivity contribution < 1.29 is 14.0 Å². The van der Waals surface area contributed by atoms with E-state index in [4.69, 9.17) is 0 Å². The van der Waals surface area contributed by atoms with Crippen LogP contribution in [0, 0.1) is 5.82 Å². The second-order valence-corrected chi connectivity index (χ2v) is 6.35. The average molecular weight is 296 g/mol. The number of hydrogen-bond donors (Lipinski definition) is 1. The predicted molar refractivity (Wildman–Crippen MR) is 77.0 cm³/mol. The normalized spacial score (nSPS) is 17.8. The number of amides is 3. The lowest BCUT2D eigenvalue weighted by atomic mass is 10.1. The SMILES string of the molecule is C[C@H](S[C@H](C)c1ccccc1F)C(=O)N1CCNC1=O. The van der Waals surface area contributed by atoms with Crippen molar-refractivity contribution in [2.24, 2.45) is 0 Å². The Labute approximate surface area is 121 Å². The van der Waals surface area contributed by atoms with Crippen LogP contribution in [0.25, 0.3) is 0 Å². The van der Waals surface area contributed by atoms with Crippen LogP contribution in [0.4, 0.5) is 9.18 Å². The van der Waals surface area contributed by atoms with Gasteiger partial charge < -0.3 is 5.32 Å². The Bertz CT molecular complexity index is 524. The minimum atomic E-state index is -0.395. The summed E-state index contributed by atoms with van der Waals surface area (Å²) in [6.07, 6.45) is 0. The Morgan fingerprint density at radius 1 is 1.40 bits per heavy atom. The van der Waals surface area contributed by atoms with E-state index in [0.29, 0.717) is 18.7 Å². The number of nitrogens with zero attached hydrogens (tertiary/aromatic N) is 1. The van der Waals surface area contributed by atoms with Crippen LogP contribution >= 0.6 is 11.8 Å². The fourth-order valence-corrected chi connectivity index (χ4v) is 3.34. The molecule has 20 heavy (non-hydrogen) atoms. The van der Waals surface area contributed by atoms with Crippen molar-refractivity contribution >= 4 is 23.7 Å². The zero-order chi connectivity index (χ0) is 14.7. The van der Waals surface area contributed by atoms with E-state index in [1.165, 1.54) is 22.7 Å². The summed E-state index contributed by atoms with van der Waals surface area (Å²) in [6.45, 7) is 4.49. The molecule has 2 rings (SSSR count). The Hall–Kier alpha value is -1.56. The zero-order valence-corrected chi connectivity index (χ0v) is 12.2. The van der Waals surface area contributed by atoms with Gasteiger partial charge >= 0.3 is 6.03 Å². The number of rotatable bonds is 4. The molecule has 1 aliphatic rings. The van der Waals surface area contributed by atoms with Gasteiger partial charge in [-0.3, -0.25) is 9.69 Å². The molecule has 1 fully saturated rings. The molecule has 0 radical (unpaired) electrons. The number of nitrogens with one attached hydrogen (secondary N) is 1. The van der Waals surface area contributed by atoms with Crippen LogP contribution in [0.1, 0.15) is 24.7 Å². The van der Waals surface area contributed by atoms with Crippen molar-refractivity contribution in [3.8, 4) is 0 Å². The average Bonchev–Trinajstić information content (AvgIpc) is 2.84. The molecule has 1 aromatic rings. The Kier molecular flexibility index (Phi) is 4.65. The second-order valence-electron chi connectivity index (χ2n) is 4.66. The van der Waals surface area contributed by atoms with E-state index < -0.39 is 5.25 Å². The number of hydrogen-bond acceptors (Lipinski definition) is 3. The molecule has 0 unspecified atom stereocenters. The van der Waals surface area contributed by atoms with Crippen molar-refractivity contribution in [2.75, 3.05) is 13.1 Å².